The lowest BCUT2D eigenvalue weighted by Gasteiger charge is -2.08. The molecule has 0 heterocycles. The van der Waals surface area contributed by atoms with Gasteiger partial charge in [-0.05, 0) is 28.6 Å². The van der Waals surface area contributed by atoms with Crippen LogP contribution in [0.25, 0.3) is 10.8 Å². The zero-order valence-electron chi connectivity index (χ0n) is 10.2. The van der Waals surface area contributed by atoms with Gasteiger partial charge in [0.15, 0.2) is 0 Å². The molecule has 0 bridgehead atoms. The monoisotopic (exact) mass is 247 g/mol. The lowest BCUT2D eigenvalue weighted by atomic mass is 10.1. The summed E-state index contributed by atoms with van der Waals surface area (Å²) in [7, 11) is 0.312. The van der Waals surface area contributed by atoms with Crippen molar-refractivity contribution in [1.82, 2.24) is 0 Å². The number of hydrogen-bond acceptors (Lipinski definition) is 1. The maximum atomic E-state index is 9.07. The first-order chi connectivity index (χ1) is 8.35. The zero-order valence-corrected chi connectivity index (χ0v) is 11.0. The molecule has 90 valence electrons. The van der Waals surface area contributed by atoms with Gasteiger partial charge in [-0.3, -0.25) is 0 Å². The van der Waals surface area contributed by atoms with Gasteiger partial charge in [0, 0.05) is 5.56 Å². The van der Waals surface area contributed by atoms with Crippen LogP contribution in [0.15, 0.2) is 42.5 Å². The highest BCUT2D eigenvalue weighted by molar-refractivity contribution is 7.96. The minimum atomic E-state index is 0.307. The minimum Gasteiger partial charge on any atom is -0.391 e. The summed E-state index contributed by atoms with van der Waals surface area (Å²) in [5.74, 6) is 3.18. The summed E-state index contributed by atoms with van der Waals surface area (Å²) in [6, 6.07) is 15.1. The molecule has 0 aromatic heterocycles. The lowest BCUT2D eigenvalue weighted by molar-refractivity contribution is 0.322. The Bertz CT molecular complexity index is 476. The van der Waals surface area contributed by atoms with Crippen molar-refractivity contribution in [3.63, 3.8) is 0 Å². The Kier molecular flexibility index (Phi) is 4.46. The SMILES string of the molecule is CC[S+](CCO)Cc1cccc2ccccc12. The first-order valence-corrected chi connectivity index (χ1v) is 7.80. The van der Waals surface area contributed by atoms with Gasteiger partial charge in [-0.15, -0.1) is 0 Å². The molecule has 1 nitrogen and oxygen atoms in total. The highest BCUT2D eigenvalue weighted by Crippen LogP contribution is 2.21. The molecule has 0 aliphatic rings. The number of fused-ring (bicyclic) bond motifs is 1. The van der Waals surface area contributed by atoms with Gasteiger partial charge in [-0.1, -0.05) is 42.5 Å². The van der Waals surface area contributed by atoms with Crippen molar-refractivity contribution >= 4 is 21.7 Å². The van der Waals surface area contributed by atoms with Crippen molar-refractivity contribution in [1.29, 1.82) is 0 Å². The van der Waals surface area contributed by atoms with E-state index in [2.05, 4.69) is 49.4 Å². The first-order valence-electron chi connectivity index (χ1n) is 6.06. The fraction of sp³-hybridized carbons (Fsp3) is 0.333. The van der Waals surface area contributed by atoms with Crippen molar-refractivity contribution in [3.05, 3.63) is 48.0 Å². The molecule has 0 aliphatic carbocycles. The number of aliphatic hydroxyl groups excluding tert-OH is 1. The summed E-state index contributed by atoms with van der Waals surface area (Å²) in [5.41, 5.74) is 1.42. The van der Waals surface area contributed by atoms with Crippen LogP contribution in [0.5, 0.6) is 0 Å². The van der Waals surface area contributed by atoms with Crippen LogP contribution < -0.4 is 0 Å². The van der Waals surface area contributed by atoms with E-state index in [0.29, 0.717) is 17.5 Å². The molecular weight excluding hydrogens is 228 g/mol. The number of rotatable bonds is 5. The second-order valence-electron chi connectivity index (χ2n) is 4.11. The van der Waals surface area contributed by atoms with Gasteiger partial charge in [-0.2, -0.15) is 0 Å². The third-order valence-corrected chi connectivity index (χ3v) is 5.32. The summed E-state index contributed by atoms with van der Waals surface area (Å²) in [5, 5.41) is 11.7. The van der Waals surface area contributed by atoms with Crippen LogP contribution >= 0.6 is 0 Å². The normalized spacial score (nSPS) is 12.8. The smallest absolute Gasteiger partial charge is 0.133 e. The molecule has 17 heavy (non-hydrogen) atoms. The maximum Gasteiger partial charge on any atom is 0.133 e. The summed E-state index contributed by atoms with van der Waals surface area (Å²) < 4.78 is 0. The van der Waals surface area contributed by atoms with E-state index in [-0.39, 0.29) is 0 Å². The van der Waals surface area contributed by atoms with E-state index in [4.69, 9.17) is 5.11 Å². The number of benzene rings is 2. The minimum absolute atomic E-state index is 0.307. The molecule has 1 N–H and O–H groups in total. The van der Waals surface area contributed by atoms with Crippen molar-refractivity contribution in [2.24, 2.45) is 0 Å². The predicted molar refractivity (Wildman–Crippen MR) is 77.5 cm³/mol. The van der Waals surface area contributed by atoms with Crippen LogP contribution in [0, 0.1) is 0 Å². The van der Waals surface area contributed by atoms with Crippen molar-refractivity contribution in [2.45, 2.75) is 12.7 Å². The van der Waals surface area contributed by atoms with Crippen LogP contribution in [-0.4, -0.2) is 23.2 Å². The fourth-order valence-electron chi connectivity index (χ4n) is 2.09. The quantitative estimate of drug-likeness (QED) is 0.805. The molecule has 1 atom stereocenters. The van der Waals surface area contributed by atoms with Crippen molar-refractivity contribution in [3.8, 4) is 0 Å². The Morgan fingerprint density at radius 3 is 2.59 bits per heavy atom. The standard InChI is InChI=1S/C15H19OS/c1-2-17(11-10-16)12-14-8-5-7-13-6-3-4-9-15(13)14/h3-9,16H,2,10-12H2,1H3/q+1. The Labute approximate surface area is 106 Å². The molecule has 0 aliphatic heterocycles. The molecule has 2 heteroatoms. The first kappa shape index (κ1) is 12.5. The fourth-order valence-corrected chi connectivity index (χ4v) is 3.67. The van der Waals surface area contributed by atoms with Crippen LogP contribution in [0.1, 0.15) is 12.5 Å². The third-order valence-electron chi connectivity index (χ3n) is 3.03. The molecule has 0 radical (unpaired) electrons. The Balaban J connectivity index is 2.28. The summed E-state index contributed by atoms with van der Waals surface area (Å²) in [4.78, 5) is 0. The Hall–Kier alpha value is -0.990. The second kappa shape index (κ2) is 6.08. The summed E-state index contributed by atoms with van der Waals surface area (Å²) >= 11 is 0. The van der Waals surface area contributed by atoms with Crippen molar-refractivity contribution in [2.75, 3.05) is 18.1 Å². The third kappa shape index (κ3) is 3.02. The van der Waals surface area contributed by atoms with E-state index < -0.39 is 0 Å². The Morgan fingerprint density at radius 1 is 1.06 bits per heavy atom. The van der Waals surface area contributed by atoms with E-state index >= 15 is 0 Å². The zero-order chi connectivity index (χ0) is 12.1. The predicted octanol–water partition coefficient (Wildman–Crippen LogP) is 2.97. The van der Waals surface area contributed by atoms with Gasteiger partial charge >= 0.3 is 0 Å². The van der Waals surface area contributed by atoms with Gasteiger partial charge in [0.05, 0.1) is 6.61 Å². The number of hydrogen-bond donors (Lipinski definition) is 1. The van der Waals surface area contributed by atoms with E-state index in [1.807, 2.05) is 0 Å². The lowest BCUT2D eigenvalue weighted by Crippen LogP contribution is -2.15. The van der Waals surface area contributed by atoms with Crippen LogP contribution in [0.4, 0.5) is 0 Å². The molecular formula is C15H19OS+. The Morgan fingerprint density at radius 2 is 1.82 bits per heavy atom. The average Bonchev–Trinajstić information content (AvgIpc) is 2.38. The molecule has 2 rings (SSSR count). The van der Waals surface area contributed by atoms with E-state index in [1.165, 1.54) is 16.3 Å². The maximum absolute atomic E-state index is 9.07. The molecule has 0 fully saturated rings. The van der Waals surface area contributed by atoms with Crippen LogP contribution in [0.2, 0.25) is 0 Å². The van der Waals surface area contributed by atoms with Crippen LogP contribution in [-0.2, 0) is 16.6 Å². The highest BCUT2D eigenvalue weighted by Gasteiger charge is 2.16. The second-order valence-corrected chi connectivity index (χ2v) is 6.61. The van der Waals surface area contributed by atoms with Gasteiger partial charge in [-0.25, -0.2) is 0 Å². The van der Waals surface area contributed by atoms with Gasteiger partial charge in [0.25, 0.3) is 0 Å². The number of aliphatic hydroxyl groups is 1. The van der Waals surface area contributed by atoms with E-state index in [9.17, 15) is 0 Å². The molecule has 1 unspecified atom stereocenters. The molecule has 0 spiro atoms. The molecule has 2 aromatic rings. The van der Waals surface area contributed by atoms with Crippen molar-refractivity contribution < 1.29 is 5.11 Å². The molecule has 0 saturated carbocycles. The highest BCUT2D eigenvalue weighted by atomic mass is 32.2. The van der Waals surface area contributed by atoms with Gasteiger partial charge < -0.3 is 5.11 Å². The molecule has 0 amide bonds. The van der Waals surface area contributed by atoms with Gasteiger partial charge in [0.2, 0.25) is 0 Å². The largest absolute Gasteiger partial charge is 0.391 e. The topological polar surface area (TPSA) is 20.2 Å². The summed E-state index contributed by atoms with van der Waals surface area (Å²) in [6.07, 6.45) is 0. The molecule has 2 aromatic carbocycles. The van der Waals surface area contributed by atoms with E-state index in [0.717, 1.165) is 17.3 Å². The molecule has 0 saturated heterocycles. The van der Waals surface area contributed by atoms with Crippen LogP contribution in [0.3, 0.4) is 0 Å². The average molecular weight is 247 g/mol. The summed E-state index contributed by atoms with van der Waals surface area (Å²) in [6.45, 7) is 2.52. The van der Waals surface area contributed by atoms with E-state index in [1.54, 1.807) is 0 Å². The van der Waals surface area contributed by atoms with Gasteiger partial charge in [0.1, 0.15) is 17.3 Å².